The summed E-state index contributed by atoms with van der Waals surface area (Å²) < 4.78 is 0. The Kier molecular flexibility index (Phi) is 6.17. The third-order valence-electron chi connectivity index (χ3n) is 4.05. The van der Waals surface area contributed by atoms with Gasteiger partial charge in [-0.3, -0.25) is 9.69 Å². The molecule has 2 aromatic rings. The number of aryl methyl sites for hydroxylation is 1. The van der Waals surface area contributed by atoms with Gasteiger partial charge < -0.3 is 0 Å². The topological polar surface area (TPSA) is 32.7 Å². The summed E-state index contributed by atoms with van der Waals surface area (Å²) in [4.78, 5) is 20.1. The van der Waals surface area contributed by atoms with Gasteiger partial charge in [0.2, 0.25) is 0 Å². The Morgan fingerprint density at radius 1 is 1.12 bits per heavy atom. The number of aliphatic imine (C=N–C) groups is 1. The molecule has 26 heavy (non-hydrogen) atoms. The number of amides is 1. The van der Waals surface area contributed by atoms with Gasteiger partial charge in [0.15, 0.2) is 5.17 Å². The van der Waals surface area contributed by atoms with E-state index >= 15 is 0 Å². The van der Waals surface area contributed by atoms with Crippen molar-refractivity contribution in [1.29, 1.82) is 0 Å². The van der Waals surface area contributed by atoms with Crippen molar-refractivity contribution < 1.29 is 4.79 Å². The molecule has 1 saturated heterocycles. The van der Waals surface area contributed by atoms with Gasteiger partial charge in [0.1, 0.15) is 0 Å². The van der Waals surface area contributed by atoms with Crippen LogP contribution in [0.1, 0.15) is 30.9 Å². The molecular weight excluding hydrogens is 364 g/mol. The fourth-order valence-corrected chi connectivity index (χ4v) is 3.70. The van der Waals surface area contributed by atoms with Crippen LogP contribution in [-0.2, 0) is 4.79 Å². The van der Waals surface area contributed by atoms with Gasteiger partial charge >= 0.3 is 0 Å². The zero-order valence-electron chi connectivity index (χ0n) is 14.9. The number of nitrogens with zero attached hydrogens (tertiary/aromatic N) is 2. The van der Waals surface area contributed by atoms with E-state index in [9.17, 15) is 4.79 Å². The predicted octanol–water partition coefficient (Wildman–Crippen LogP) is 6.05. The van der Waals surface area contributed by atoms with Crippen molar-refractivity contribution in [3.05, 3.63) is 69.6 Å². The Morgan fingerprint density at radius 2 is 1.81 bits per heavy atom. The smallest absolute Gasteiger partial charge is 0.266 e. The molecule has 5 heteroatoms. The minimum absolute atomic E-state index is 0.0178. The van der Waals surface area contributed by atoms with E-state index in [-0.39, 0.29) is 5.91 Å². The van der Waals surface area contributed by atoms with Crippen molar-refractivity contribution in [2.75, 3.05) is 6.54 Å². The van der Waals surface area contributed by atoms with Gasteiger partial charge in [-0.15, -0.1) is 0 Å². The van der Waals surface area contributed by atoms with E-state index in [4.69, 9.17) is 16.6 Å². The van der Waals surface area contributed by atoms with Gasteiger partial charge in [0, 0.05) is 11.6 Å². The summed E-state index contributed by atoms with van der Waals surface area (Å²) in [5, 5.41) is 1.43. The number of halogens is 1. The zero-order valence-corrected chi connectivity index (χ0v) is 16.5. The average molecular weight is 385 g/mol. The predicted molar refractivity (Wildman–Crippen MR) is 112 cm³/mol. The van der Waals surface area contributed by atoms with E-state index in [2.05, 4.69) is 6.92 Å². The van der Waals surface area contributed by atoms with E-state index in [0.717, 1.165) is 29.3 Å². The minimum atomic E-state index is 0.0178. The molecule has 0 N–H and O–H groups in total. The van der Waals surface area contributed by atoms with E-state index in [0.29, 0.717) is 16.5 Å². The molecule has 1 heterocycles. The van der Waals surface area contributed by atoms with Crippen LogP contribution in [0.15, 0.2) is 58.4 Å². The Morgan fingerprint density at radius 3 is 2.46 bits per heavy atom. The second-order valence-corrected chi connectivity index (χ2v) is 7.65. The summed E-state index contributed by atoms with van der Waals surface area (Å²) >= 11 is 7.37. The first-order chi connectivity index (χ1) is 12.6. The summed E-state index contributed by atoms with van der Waals surface area (Å²) in [5.41, 5.74) is 3.01. The fraction of sp³-hybridized carbons (Fsp3) is 0.238. The first-order valence-corrected chi connectivity index (χ1v) is 9.88. The van der Waals surface area contributed by atoms with Gasteiger partial charge in [-0.05, 0) is 61.0 Å². The molecule has 0 unspecified atom stereocenters. The molecule has 3 rings (SSSR count). The van der Waals surface area contributed by atoms with Crippen molar-refractivity contribution in [1.82, 2.24) is 4.90 Å². The standard InChI is InChI=1S/C21H21ClN2OS/c1-3-4-13-24-20(25)19(14-16-7-9-17(22)10-8-16)26-21(24)23-18-11-5-15(2)6-12-18/h5-12,14H,3-4,13H2,1-2H3/b19-14+,23-21?. The third kappa shape index (κ3) is 4.57. The highest BCUT2D eigenvalue weighted by Gasteiger charge is 2.32. The summed E-state index contributed by atoms with van der Waals surface area (Å²) in [6.07, 6.45) is 3.88. The number of benzene rings is 2. The molecule has 1 aliphatic heterocycles. The van der Waals surface area contributed by atoms with E-state index in [1.165, 1.54) is 17.3 Å². The monoisotopic (exact) mass is 384 g/mol. The highest BCUT2D eigenvalue weighted by atomic mass is 35.5. The van der Waals surface area contributed by atoms with Gasteiger partial charge in [-0.2, -0.15) is 0 Å². The Balaban J connectivity index is 1.91. The highest BCUT2D eigenvalue weighted by molar-refractivity contribution is 8.18. The number of thioether (sulfide) groups is 1. The second-order valence-electron chi connectivity index (χ2n) is 6.20. The summed E-state index contributed by atoms with van der Waals surface area (Å²) in [7, 11) is 0. The normalized spacial score (nSPS) is 17.5. The molecule has 1 fully saturated rings. The molecule has 1 aliphatic rings. The van der Waals surface area contributed by atoms with E-state index in [1.807, 2.05) is 61.5 Å². The Bertz CT molecular complexity index is 841. The average Bonchev–Trinajstić information content (AvgIpc) is 2.92. The van der Waals surface area contributed by atoms with Crippen LogP contribution in [-0.4, -0.2) is 22.5 Å². The maximum Gasteiger partial charge on any atom is 0.266 e. The molecule has 0 aromatic heterocycles. The number of hydrogen-bond donors (Lipinski definition) is 0. The maximum atomic E-state index is 12.9. The van der Waals surface area contributed by atoms with Gasteiger partial charge in [-0.25, -0.2) is 4.99 Å². The largest absolute Gasteiger partial charge is 0.286 e. The maximum absolute atomic E-state index is 12.9. The van der Waals surface area contributed by atoms with Crippen LogP contribution in [0.5, 0.6) is 0 Å². The highest BCUT2D eigenvalue weighted by Crippen LogP contribution is 2.34. The van der Waals surface area contributed by atoms with Gasteiger partial charge in [0.25, 0.3) is 5.91 Å². The number of carbonyl (C=O) groups excluding carboxylic acids is 1. The lowest BCUT2D eigenvalue weighted by Gasteiger charge is -2.14. The van der Waals surface area contributed by atoms with Crippen LogP contribution in [0.4, 0.5) is 5.69 Å². The van der Waals surface area contributed by atoms with Crippen molar-refractivity contribution in [2.45, 2.75) is 26.7 Å². The molecule has 2 aromatic carbocycles. The lowest BCUT2D eigenvalue weighted by Crippen LogP contribution is -2.30. The Labute approximate surface area is 163 Å². The number of unbranched alkanes of at least 4 members (excludes halogenated alkanes) is 1. The first kappa shape index (κ1) is 18.7. The summed E-state index contributed by atoms with van der Waals surface area (Å²) in [5.74, 6) is 0.0178. The molecular formula is C21H21ClN2OS. The number of amidine groups is 1. The fourth-order valence-electron chi connectivity index (χ4n) is 2.54. The number of carbonyl (C=O) groups is 1. The molecule has 0 radical (unpaired) electrons. The van der Waals surface area contributed by atoms with Crippen molar-refractivity contribution in [2.24, 2.45) is 4.99 Å². The molecule has 0 spiro atoms. The lowest BCUT2D eigenvalue weighted by atomic mass is 10.2. The SMILES string of the molecule is CCCCN1C(=O)/C(=C\c2ccc(Cl)cc2)SC1=Nc1ccc(C)cc1. The molecule has 3 nitrogen and oxygen atoms in total. The minimum Gasteiger partial charge on any atom is -0.286 e. The summed E-state index contributed by atoms with van der Waals surface area (Å²) in [6, 6.07) is 15.5. The van der Waals surface area contributed by atoms with Crippen LogP contribution in [0.2, 0.25) is 5.02 Å². The summed E-state index contributed by atoms with van der Waals surface area (Å²) in [6.45, 7) is 4.85. The van der Waals surface area contributed by atoms with Crippen molar-refractivity contribution >= 4 is 46.2 Å². The molecule has 0 atom stereocenters. The van der Waals surface area contributed by atoms with Crippen molar-refractivity contribution in [3.8, 4) is 0 Å². The number of rotatable bonds is 5. The molecule has 1 amide bonds. The van der Waals surface area contributed by atoms with Crippen LogP contribution < -0.4 is 0 Å². The quantitative estimate of drug-likeness (QED) is 0.587. The van der Waals surface area contributed by atoms with Crippen LogP contribution in [0.3, 0.4) is 0 Å². The van der Waals surface area contributed by atoms with Crippen LogP contribution in [0.25, 0.3) is 6.08 Å². The molecule has 0 aliphatic carbocycles. The zero-order chi connectivity index (χ0) is 18.5. The van der Waals surface area contributed by atoms with E-state index < -0.39 is 0 Å². The van der Waals surface area contributed by atoms with Crippen LogP contribution >= 0.6 is 23.4 Å². The van der Waals surface area contributed by atoms with E-state index in [1.54, 1.807) is 4.90 Å². The van der Waals surface area contributed by atoms with Crippen LogP contribution in [0, 0.1) is 6.92 Å². The lowest BCUT2D eigenvalue weighted by molar-refractivity contribution is -0.122. The van der Waals surface area contributed by atoms with Gasteiger partial charge in [0.05, 0.1) is 10.6 Å². The second kappa shape index (κ2) is 8.56. The van der Waals surface area contributed by atoms with Gasteiger partial charge in [-0.1, -0.05) is 54.8 Å². The first-order valence-electron chi connectivity index (χ1n) is 8.69. The van der Waals surface area contributed by atoms with Crippen molar-refractivity contribution in [3.63, 3.8) is 0 Å². The third-order valence-corrected chi connectivity index (χ3v) is 5.31. The Hall–Kier alpha value is -2.04. The molecule has 134 valence electrons. The number of hydrogen-bond acceptors (Lipinski definition) is 3. The molecule has 0 bridgehead atoms. The molecule has 0 saturated carbocycles.